The van der Waals surface area contributed by atoms with Crippen LogP contribution < -0.4 is 14.4 Å². The summed E-state index contributed by atoms with van der Waals surface area (Å²) in [5.41, 5.74) is 5.04. The minimum atomic E-state index is 0.876. The third kappa shape index (κ3) is 5.19. The molecule has 0 aliphatic carbocycles. The zero-order valence-electron chi connectivity index (χ0n) is 20.8. The molecule has 0 amide bonds. The van der Waals surface area contributed by atoms with Crippen LogP contribution in [0.5, 0.6) is 11.5 Å². The Morgan fingerprint density at radius 1 is 0.853 bits per heavy atom. The number of fused-ring (bicyclic) bond motifs is 1. The van der Waals surface area contributed by atoms with Crippen LogP contribution in [-0.4, -0.2) is 37.4 Å². The van der Waals surface area contributed by atoms with Crippen molar-refractivity contribution < 1.29 is 9.47 Å². The fourth-order valence-corrected chi connectivity index (χ4v) is 4.65. The number of methoxy groups -OCH3 is 2. The molecule has 2 heterocycles. The summed E-state index contributed by atoms with van der Waals surface area (Å²) in [4.78, 5) is 6.67. The van der Waals surface area contributed by atoms with Gasteiger partial charge in [-0.15, -0.1) is 0 Å². The quantitative estimate of drug-likeness (QED) is 0.234. The van der Waals surface area contributed by atoms with Gasteiger partial charge in [-0.05, 0) is 85.5 Å². The number of ether oxygens (including phenoxy) is 2. The Morgan fingerprint density at radius 3 is 2.29 bits per heavy atom. The number of nitrogens with zero attached hydrogens (tertiary/aromatic N) is 3. The molecular weight excluding hydrogens is 422 g/mol. The number of pyridine rings is 1. The zero-order chi connectivity index (χ0) is 23.9. The Labute approximate surface area is 203 Å². The van der Waals surface area contributed by atoms with E-state index in [1.54, 1.807) is 14.2 Å². The van der Waals surface area contributed by atoms with Crippen molar-refractivity contribution in [2.75, 3.05) is 32.7 Å². The molecule has 2 aromatic heterocycles. The molecule has 0 N–H and O–H groups in total. The van der Waals surface area contributed by atoms with E-state index in [1.165, 1.54) is 47.0 Å². The van der Waals surface area contributed by atoms with Crippen LogP contribution in [0.2, 0.25) is 0 Å². The van der Waals surface area contributed by atoms with E-state index in [1.807, 2.05) is 30.5 Å². The molecule has 4 rings (SSSR count). The van der Waals surface area contributed by atoms with Crippen LogP contribution in [0.1, 0.15) is 31.2 Å². The van der Waals surface area contributed by atoms with E-state index in [0.29, 0.717) is 0 Å². The minimum Gasteiger partial charge on any atom is -0.497 e. The van der Waals surface area contributed by atoms with Gasteiger partial charge in [0.25, 0.3) is 0 Å². The highest BCUT2D eigenvalue weighted by Crippen LogP contribution is 2.36. The smallest absolute Gasteiger partial charge is 0.128 e. The summed E-state index contributed by atoms with van der Waals surface area (Å²) >= 11 is 0. The molecule has 2 aromatic carbocycles. The largest absolute Gasteiger partial charge is 0.497 e. The number of hydrogen-bond acceptors (Lipinski definition) is 4. The molecule has 0 spiro atoms. The predicted octanol–water partition coefficient (Wildman–Crippen LogP) is 6.73. The molecular formula is C29H35N3O2. The SMILES string of the molecule is COc1ccc(-c2c(C)c3cc(OC)ccc3n2CCCCCCN(C)c2ccccn2)cc1. The molecule has 0 radical (unpaired) electrons. The molecule has 5 nitrogen and oxygen atoms in total. The third-order valence-electron chi connectivity index (χ3n) is 6.55. The van der Waals surface area contributed by atoms with Crippen molar-refractivity contribution >= 4 is 16.7 Å². The Bertz CT molecular complexity index is 1200. The lowest BCUT2D eigenvalue weighted by atomic mass is 10.1. The fourth-order valence-electron chi connectivity index (χ4n) is 4.65. The Morgan fingerprint density at radius 2 is 1.59 bits per heavy atom. The highest BCUT2D eigenvalue weighted by molar-refractivity contribution is 5.92. The summed E-state index contributed by atoms with van der Waals surface area (Å²) < 4.78 is 13.4. The highest BCUT2D eigenvalue weighted by Gasteiger charge is 2.16. The molecule has 34 heavy (non-hydrogen) atoms. The highest BCUT2D eigenvalue weighted by atomic mass is 16.5. The molecule has 0 bridgehead atoms. The van der Waals surface area contributed by atoms with Gasteiger partial charge in [0.1, 0.15) is 17.3 Å². The van der Waals surface area contributed by atoms with Gasteiger partial charge in [0.15, 0.2) is 0 Å². The lowest BCUT2D eigenvalue weighted by Gasteiger charge is -2.17. The minimum absolute atomic E-state index is 0.876. The van der Waals surface area contributed by atoms with Crippen molar-refractivity contribution in [2.24, 2.45) is 0 Å². The summed E-state index contributed by atoms with van der Waals surface area (Å²) in [6, 6.07) is 20.8. The molecule has 0 fully saturated rings. The van der Waals surface area contributed by atoms with E-state index in [9.17, 15) is 0 Å². The average Bonchev–Trinajstić information content (AvgIpc) is 3.17. The molecule has 178 valence electrons. The molecule has 0 atom stereocenters. The van der Waals surface area contributed by atoms with E-state index in [4.69, 9.17) is 9.47 Å². The number of anilines is 1. The van der Waals surface area contributed by atoms with Crippen molar-refractivity contribution in [1.29, 1.82) is 0 Å². The first-order chi connectivity index (χ1) is 16.6. The van der Waals surface area contributed by atoms with Crippen LogP contribution in [0.4, 0.5) is 5.82 Å². The molecule has 4 aromatic rings. The normalized spacial score (nSPS) is 11.1. The Kier molecular flexibility index (Phi) is 7.73. The fraction of sp³-hybridized carbons (Fsp3) is 0.345. The third-order valence-corrected chi connectivity index (χ3v) is 6.55. The number of aromatic nitrogens is 2. The second-order valence-corrected chi connectivity index (χ2v) is 8.76. The first kappa shape index (κ1) is 23.7. The first-order valence-corrected chi connectivity index (χ1v) is 12.1. The van der Waals surface area contributed by atoms with E-state index >= 15 is 0 Å². The summed E-state index contributed by atoms with van der Waals surface area (Å²) in [6.45, 7) is 4.23. The lowest BCUT2D eigenvalue weighted by Crippen LogP contribution is -2.19. The van der Waals surface area contributed by atoms with Gasteiger partial charge in [0, 0.05) is 37.2 Å². The van der Waals surface area contributed by atoms with Gasteiger partial charge >= 0.3 is 0 Å². The average molecular weight is 458 g/mol. The van der Waals surface area contributed by atoms with Crippen molar-refractivity contribution in [1.82, 2.24) is 9.55 Å². The van der Waals surface area contributed by atoms with Crippen LogP contribution in [-0.2, 0) is 6.54 Å². The molecule has 0 aliphatic rings. The maximum atomic E-state index is 5.50. The summed E-state index contributed by atoms with van der Waals surface area (Å²) in [7, 11) is 5.55. The molecule has 0 saturated carbocycles. The first-order valence-electron chi connectivity index (χ1n) is 12.1. The van der Waals surface area contributed by atoms with Crippen LogP contribution in [0.3, 0.4) is 0 Å². The second-order valence-electron chi connectivity index (χ2n) is 8.76. The number of unbranched alkanes of at least 4 members (excludes halogenated alkanes) is 3. The summed E-state index contributed by atoms with van der Waals surface area (Å²) in [6.07, 6.45) is 6.58. The van der Waals surface area contributed by atoms with Crippen LogP contribution in [0.15, 0.2) is 66.9 Å². The maximum Gasteiger partial charge on any atom is 0.128 e. The van der Waals surface area contributed by atoms with Crippen molar-refractivity contribution in [3.8, 4) is 22.8 Å². The molecule has 0 aliphatic heterocycles. The Balaban J connectivity index is 1.46. The Hall–Kier alpha value is -3.47. The van der Waals surface area contributed by atoms with Gasteiger partial charge in [-0.2, -0.15) is 0 Å². The van der Waals surface area contributed by atoms with Gasteiger partial charge in [-0.3, -0.25) is 0 Å². The van der Waals surface area contributed by atoms with Gasteiger partial charge in [0.05, 0.1) is 19.9 Å². The van der Waals surface area contributed by atoms with E-state index in [0.717, 1.165) is 36.8 Å². The van der Waals surface area contributed by atoms with E-state index in [2.05, 4.69) is 64.8 Å². The van der Waals surface area contributed by atoms with Crippen LogP contribution in [0, 0.1) is 6.92 Å². The number of aryl methyl sites for hydroxylation is 2. The maximum absolute atomic E-state index is 5.50. The van der Waals surface area contributed by atoms with E-state index in [-0.39, 0.29) is 0 Å². The number of benzene rings is 2. The van der Waals surface area contributed by atoms with Crippen molar-refractivity contribution in [2.45, 2.75) is 39.2 Å². The lowest BCUT2D eigenvalue weighted by molar-refractivity contribution is 0.415. The number of rotatable bonds is 11. The van der Waals surface area contributed by atoms with Crippen molar-refractivity contribution in [3.63, 3.8) is 0 Å². The predicted molar refractivity (Wildman–Crippen MR) is 141 cm³/mol. The monoisotopic (exact) mass is 457 g/mol. The number of hydrogen-bond donors (Lipinski definition) is 0. The summed E-state index contributed by atoms with van der Waals surface area (Å²) in [5.74, 6) is 2.81. The second kappa shape index (κ2) is 11.1. The zero-order valence-corrected chi connectivity index (χ0v) is 20.8. The topological polar surface area (TPSA) is 39.5 Å². The van der Waals surface area contributed by atoms with Crippen molar-refractivity contribution in [3.05, 3.63) is 72.4 Å². The van der Waals surface area contributed by atoms with Gasteiger partial charge in [-0.1, -0.05) is 18.9 Å². The van der Waals surface area contributed by atoms with Crippen LogP contribution in [0.25, 0.3) is 22.2 Å². The van der Waals surface area contributed by atoms with E-state index < -0.39 is 0 Å². The van der Waals surface area contributed by atoms with Gasteiger partial charge < -0.3 is 18.9 Å². The van der Waals surface area contributed by atoms with Crippen LogP contribution >= 0.6 is 0 Å². The molecule has 0 saturated heterocycles. The van der Waals surface area contributed by atoms with Gasteiger partial charge in [0.2, 0.25) is 0 Å². The molecule has 5 heteroatoms. The van der Waals surface area contributed by atoms with Gasteiger partial charge in [-0.25, -0.2) is 4.98 Å². The molecule has 0 unspecified atom stereocenters. The summed E-state index contributed by atoms with van der Waals surface area (Å²) in [5, 5.41) is 1.25. The standard InChI is InChI=1S/C29H35N3O2/c1-22-26-21-25(34-4)16-17-27(26)32(29(22)23-12-14-24(33-3)15-13-23)20-10-6-5-9-19-31(2)28-11-7-8-18-30-28/h7-8,11-18,21H,5-6,9-10,19-20H2,1-4H3.